The standard InChI is InChI=1S/C17H32O/c1-3-5-14-8-10-15(11-9-14)17(18)16-7-4-6-13(2)12-16/h13-18H,3-12H2,1-2H3. The number of hydrogen-bond donors (Lipinski definition) is 1. The van der Waals surface area contributed by atoms with E-state index in [0.717, 1.165) is 11.8 Å². The summed E-state index contributed by atoms with van der Waals surface area (Å²) < 4.78 is 0. The summed E-state index contributed by atoms with van der Waals surface area (Å²) in [5.41, 5.74) is 0. The fourth-order valence-electron chi connectivity index (χ4n) is 4.40. The van der Waals surface area contributed by atoms with E-state index in [-0.39, 0.29) is 6.10 Å². The summed E-state index contributed by atoms with van der Waals surface area (Å²) >= 11 is 0. The van der Waals surface area contributed by atoms with Crippen molar-refractivity contribution in [1.82, 2.24) is 0 Å². The number of rotatable bonds is 4. The van der Waals surface area contributed by atoms with Gasteiger partial charge in [0.15, 0.2) is 0 Å². The third-order valence-corrected chi connectivity index (χ3v) is 5.53. The fraction of sp³-hybridized carbons (Fsp3) is 1.00. The predicted molar refractivity (Wildman–Crippen MR) is 77.5 cm³/mol. The Hall–Kier alpha value is -0.0400. The van der Waals surface area contributed by atoms with Gasteiger partial charge in [-0.3, -0.25) is 0 Å². The maximum absolute atomic E-state index is 10.6. The van der Waals surface area contributed by atoms with Crippen molar-refractivity contribution in [2.45, 2.75) is 84.2 Å². The summed E-state index contributed by atoms with van der Waals surface area (Å²) in [6.07, 6.45) is 13.3. The Morgan fingerprint density at radius 2 is 1.72 bits per heavy atom. The molecule has 0 aromatic carbocycles. The van der Waals surface area contributed by atoms with Gasteiger partial charge >= 0.3 is 0 Å². The minimum absolute atomic E-state index is 0.00956. The average molecular weight is 252 g/mol. The number of hydrogen-bond acceptors (Lipinski definition) is 1. The zero-order chi connectivity index (χ0) is 13.0. The van der Waals surface area contributed by atoms with E-state index in [9.17, 15) is 5.11 Å². The molecule has 2 rings (SSSR count). The Balaban J connectivity index is 1.77. The van der Waals surface area contributed by atoms with E-state index in [1.807, 2.05) is 0 Å². The van der Waals surface area contributed by atoms with Crippen LogP contribution in [0.15, 0.2) is 0 Å². The van der Waals surface area contributed by atoms with Crippen LogP contribution in [-0.4, -0.2) is 11.2 Å². The molecule has 18 heavy (non-hydrogen) atoms. The first-order valence-corrected chi connectivity index (χ1v) is 8.38. The summed E-state index contributed by atoms with van der Waals surface area (Å²) in [6.45, 7) is 4.65. The second-order valence-corrected chi connectivity index (χ2v) is 7.09. The van der Waals surface area contributed by atoms with Gasteiger partial charge in [0.05, 0.1) is 6.10 Å². The monoisotopic (exact) mass is 252 g/mol. The van der Waals surface area contributed by atoms with Crippen LogP contribution < -0.4 is 0 Å². The first kappa shape index (κ1) is 14.4. The summed E-state index contributed by atoms with van der Waals surface area (Å²) in [6, 6.07) is 0. The lowest BCUT2D eigenvalue weighted by molar-refractivity contribution is 0.00426. The van der Waals surface area contributed by atoms with Crippen molar-refractivity contribution in [1.29, 1.82) is 0 Å². The van der Waals surface area contributed by atoms with Crippen molar-refractivity contribution >= 4 is 0 Å². The highest BCUT2D eigenvalue weighted by atomic mass is 16.3. The van der Waals surface area contributed by atoms with E-state index in [1.165, 1.54) is 64.2 Å². The van der Waals surface area contributed by atoms with Crippen molar-refractivity contribution in [3.05, 3.63) is 0 Å². The van der Waals surface area contributed by atoms with E-state index < -0.39 is 0 Å². The van der Waals surface area contributed by atoms with E-state index in [0.29, 0.717) is 11.8 Å². The molecule has 3 unspecified atom stereocenters. The van der Waals surface area contributed by atoms with Crippen LogP contribution in [0, 0.1) is 23.7 Å². The predicted octanol–water partition coefficient (Wildman–Crippen LogP) is 4.78. The lowest BCUT2D eigenvalue weighted by Gasteiger charge is -2.38. The molecule has 0 saturated heterocycles. The lowest BCUT2D eigenvalue weighted by atomic mass is 9.71. The summed E-state index contributed by atoms with van der Waals surface area (Å²) in [5, 5.41) is 10.6. The molecular formula is C17H32O. The molecule has 0 heterocycles. The summed E-state index contributed by atoms with van der Waals surface area (Å²) in [7, 11) is 0. The van der Waals surface area contributed by atoms with E-state index in [2.05, 4.69) is 13.8 Å². The Kier molecular flexibility index (Phi) is 5.54. The Morgan fingerprint density at radius 1 is 1.00 bits per heavy atom. The first-order valence-electron chi connectivity index (χ1n) is 8.38. The molecule has 0 aromatic rings. The Bertz CT molecular complexity index is 230. The van der Waals surface area contributed by atoms with Crippen molar-refractivity contribution in [3.8, 4) is 0 Å². The molecule has 0 aliphatic heterocycles. The third kappa shape index (κ3) is 3.73. The molecule has 0 amide bonds. The highest BCUT2D eigenvalue weighted by molar-refractivity contribution is 4.84. The number of aliphatic hydroxyl groups excluding tert-OH is 1. The maximum Gasteiger partial charge on any atom is 0.0596 e. The van der Waals surface area contributed by atoms with E-state index >= 15 is 0 Å². The van der Waals surface area contributed by atoms with Crippen molar-refractivity contribution in [3.63, 3.8) is 0 Å². The molecule has 0 spiro atoms. The minimum atomic E-state index is 0.00956. The SMILES string of the molecule is CCCC1CCC(C(O)C2CCCC(C)C2)CC1. The van der Waals surface area contributed by atoms with Crippen LogP contribution in [0.1, 0.15) is 78.1 Å². The van der Waals surface area contributed by atoms with E-state index in [4.69, 9.17) is 0 Å². The number of aliphatic hydroxyl groups is 1. The van der Waals surface area contributed by atoms with Gasteiger partial charge in [-0.25, -0.2) is 0 Å². The molecule has 2 aliphatic rings. The zero-order valence-electron chi connectivity index (χ0n) is 12.4. The Labute approximate surface area is 113 Å². The molecule has 1 nitrogen and oxygen atoms in total. The molecule has 2 fully saturated rings. The molecule has 106 valence electrons. The Morgan fingerprint density at radius 3 is 2.33 bits per heavy atom. The van der Waals surface area contributed by atoms with Crippen LogP contribution in [0.3, 0.4) is 0 Å². The van der Waals surface area contributed by atoms with Crippen LogP contribution in [0.4, 0.5) is 0 Å². The molecule has 2 aliphatic carbocycles. The molecule has 2 saturated carbocycles. The maximum atomic E-state index is 10.6. The first-order chi connectivity index (χ1) is 8.70. The molecule has 3 atom stereocenters. The normalized spacial score (nSPS) is 39.5. The van der Waals surface area contributed by atoms with Crippen LogP contribution in [0.2, 0.25) is 0 Å². The van der Waals surface area contributed by atoms with Gasteiger partial charge in [-0.1, -0.05) is 52.4 Å². The van der Waals surface area contributed by atoms with Gasteiger partial charge in [-0.05, 0) is 49.4 Å². The minimum Gasteiger partial charge on any atom is -0.393 e. The molecule has 0 bridgehead atoms. The third-order valence-electron chi connectivity index (χ3n) is 5.53. The highest BCUT2D eigenvalue weighted by Crippen LogP contribution is 2.39. The van der Waals surface area contributed by atoms with Gasteiger partial charge < -0.3 is 5.11 Å². The largest absolute Gasteiger partial charge is 0.393 e. The van der Waals surface area contributed by atoms with Gasteiger partial charge in [0.2, 0.25) is 0 Å². The van der Waals surface area contributed by atoms with E-state index in [1.54, 1.807) is 0 Å². The second-order valence-electron chi connectivity index (χ2n) is 7.09. The van der Waals surface area contributed by atoms with Crippen LogP contribution in [-0.2, 0) is 0 Å². The second kappa shape index (κ2) is 6.93. The summed E-state index contributed by atoms with van der Waals surface area (Å²) in [5.74, 6) is 3.04. The van der Waals surface area contributed by atoms with Crippen LogP contribution in [0.5, 0.6) is 0 Å². The average Bonchev–Trinajstić information content (AvgIpc) is 2.39. The van der Waals surface area contributed by atoms with Crippen molar-refractivity contribution in [2.24, 2.45) is 23.7 Å². The lowest BCUT2D eigenvalue weighted by Crippen LogP contribution is -2.34. The van der Waals surface area contributed by atoms with Gasteiger partial charge in [-0.2, -0.15) is 0 Å². The van der Waals surface area contributed by atoms with Gasteiger partial charge in [0, 0.05) is 0 Å². The van der Waals surface area contributed by atoms with Crippen LogP contribution in [0.25, 0.3) is 0 Å². The van der Waals surface area contributed by atoms with Gasteiger partial charge in [-0.15, -0.1) is 0 Å². The van der Waals surface area contributed by atoms with Crippen molar-refractivity contribution < 1.29 is 5.11 Å². The quantitative estimate of drug-likeness (QED) is 0.763. The molecular weight excluding hydrogens is 220 g/mol. The zero-order valence-corrected chi connectivity index (χ0v) is 12.4. The smallest absolute Gasteiger partial charge is 0.0596 e. The highest BCUT2D eigenvalue weighted by Gasteiger charge is 2.33. The summed E-state index contributed by atoms with van der Waals surface area (Å²) in [4.78, 5) is 0. The van der Waals surface area contributed by atoms with Crippen molar-refractivity contribution in [2.75, 3.05) is 0 Å². The molecule has 1 N–H and O–H groups in total. The van der Waals surface area contributed by atoms with Gasteiger partial charge in [0.1, 0.15) is 0 Å². The van der Waals surface area contributed by atoms with Gasteiger partial charge in [0.25, 0.3) is 0 Å². The molecule has 1 heteroatoms. The molecule has 0 aromatic heterocycles. The topological polar surface area (TPSA) is 20.2 Å². The van der Waals surface area contributed by atoms with Crippen LogP contribution >= 0.6 is 0 Å². The fourth-order valence-corrected chi connectivity index (χ4v) is 4.40. The molecule has 0 radical (unpaired) electrons.